The first-order valence-electron chi connectivity index (χ1n) is 6.73. The van der Waals surface area contributed by atoms with Gasteiger partial charge in [-0.05, 0) is 31.0 Å². The molecule has 108 valence electrons. The average molecular weight is 313 g/mol. The lowest BCUT2D eigenvalue weighted by atomic mass is 9.96. The van der Waals surface area contributed by atoms with Gasteiger partial charge >= 0.3 is 0 Å². The van der Waals surface area contributed by atoms with Gasteiger partial charge in [0.25, 0.3) is 0 Å². The normalized spacial score (nSPS) is 24.1. The Morgan fingerprint density at radius 1 is 1.55 bits per heavy atom. The molecule has 20 heavy (non-hydrogen) atoms. The van der Waals surface area contributed by atoms with Gasteiger partial charge in [0.1, 0.15) is 0 Å². The van der Waals surface area contributed by atoms with Crippen molar-refractivity contribution < 1.29 is 9.63 Å². The molecule has 0 amide bonds. The number of aromatic nitrogens is 1. The smallest absolute Gasteiger partial charge is 0.181 e. The van der Waals surface area contributed by atoms with Gasteiger partial charge < -0.3 is 9.63 Å². The van der Waals surface area contributed by atoms with Crippen LogP contribution in [0.3, 0.4) is 0 Å². The molecular formula is C14H17ClN2O2S. The monoisotopic (exact) mass is 312 g/mol. The zero-order chi connectivity index (χ0) is 14.1. The first-order valence-corrected chi connectivity index (χ1v) is 7.92. The zero-order valence-electron chi connectivity index (χ0n) is 11.3. The summed E-state index contributed by atoms with van der Waals surface area (Å²) in [5.74, 6) is 1.17. The van der Waals surface area contributed by atoms with Crippen LogP contribution in [0, 0.1) is 5.92 Å². The van der Waals surface area contributed by atoms with Crippen LogP contribution in [-0.4, -0.2) is 34.4 Å². The summed E-state index contributed by atoms with van der Waals surface area (Å²) in [6, 6.07) is 3.81. The standard InChI is InChI=1S/C14H17ClN2O2S/c1-9-4-5-17(8-11(9)18)7-10-6-16-19-14(10)12-2-3-13(15)20-12/h2-3,6,9,11,18H,4-5,7-8H2,1H3. The maximum Gasteiger partial charge on any atom is 0.181 e. The first kappa shape index (κ1) is 14.1. The van der Waals surface area contributed by atoms with E-state index >= 15 is 0 Å². The van der Waals surface area contributed by atoms with Crippen LogP contribution >= 0.6 is 22.9 Å². The first-order chi connectivity index (χ1) is 9.63. The fourth-order valence-corrected chi connectivity index (χ4v) is 3.57. The number of hydrogen-bond acceptors (Lipinski definition) is 5. The van der Waals surface area contributed by atoms with Crippen molar-refractivity contribution in [3.8, 4) is 10.6 Å². The lowest BCUT2D eigenvalue weighted by molar-refractivity contribution is 0.0259. The van der Waals surface area contributed by atoms with Crippen LogP contribution in [0.5, 0.6) is 0 Å². The SMILES string of the molecule is CC1CCN(Cc2cnoc2-c2ccc(Cl)s2)CC1O. The molecule has 4 nitrogen and oxygen atoms in total. The third kappa shape index (κ3) is 2.91. The molecule has 0 radical (unpaired) electrons. The Morgan fingerprint density at radius 3 is 3.10 bits per heavy atom. The molecule has 1 aliphatic rings. The lowest BCUT2D eigenvalue weighted by Gasteiger charge is -2.33. The second-order valence-electron chi connectivity index (χ2n) is 5.35. The number of thiophene rings is 1. The van der Waals surface area contributed by atoms with Crippen molar-refractivity contribution in [2.24, 2.45) is 5.92 Å². The van der Waals surface area contributed by atoms with Crippen LogP contribution in [-0.2, 0) is 6.54 Å². The van der Waals surface area contributed by atoms with E-state index < -0.39 is 0 Å². The summed E-state index contributed by atoms with van der Waals surface area (Å²) in [6.07, 6.45) is 2.53. The number of nitrogens with zero attached hydrogens (tertiary/aromatic N) is 2. The Bertz CT molecular complexity index is 583. The molecule has 0 saturated carbocycles. The quantitative estimate of drug-likeness (QED) is 0.945. The van der Waals surface area contributed by atoms with Crippen molar-refractivity contribution in [2.75, 3.05) is 13.1 Å². The van der Waals surface area contributed by atoms with E-state index in [1.807, 2.05) is 12.1 Å². The Kier molecular flexibility index (Phi) is 4.12. The van der Waals surface area contributed by atoms with E-state index in [4.69, 9.17) is 16.1 Å². The molecule has 1 N–H and O–H groups in total. The van der Waals surface area contributed by atoms with Crippen molar-refractivity contribution in [3.05, 3.63) is 28.2 Å². The van der Waals surface area contributed by atoms with Gasteiger partial charge in [0, 0.05) is 18.7 Å². The largest absolute Gasteiger partial charge is 0.392 e. The molecule has 2 aromatic rings. The Hall–Kier alpha value is -0.880. The topological polar surface area (TPSA) is 49.5 Å². The van der Waals surface area contributed by atoms with Gasteiger partial charge in [-0.3, -0.25) is 4.90 Å². The molecule has 0 spiro atoms. The van der Waals surface area contributed by atoms with E-state index in [1.54, 1.807) is 6.20 Å². The van der Waals surface area contributed by atoms with Crippen LogP contribution in [0.2, 0.25) is 4.34 Å². The minimum atomic E-state index is -0.247. The molecule has 3 rings (SSSR count). The predicted octanol–water partition coefficient (Wildman–Crippen LogP) is 3.26. The fourth-order valence-electron chi connectivity index (χ4n) is 2.51. The summed E-state index contributed by atoms with van der Waals surface area (Å²) < 4.78 is 6.11. The van der Waals surface area contributed by atoms with Crippen LogP contribution in [0.15, 0.2) is 22.9 Å². The van der Waals surface area contributed by atoms with Crippen LogP contribution < -0.4 is 0 Å². The van der Waals surface area contributed by atoms with E-state index in [0.29, 0.717) is 12.5 Å². The van der Waals surface area contributed by atoms with Gasteiger partial charge in [0.2, 0.25) is 0 Å². The fraction of sp³-hybridized carbons (Fsp3) is 0.500. The van der Waals surface area contributed by atoms with E-state index in [1.165, 1.54) is 11.3 Å². The predicted molar refractivity (Wildman–Crippen MR) is 79.9 cm³/mol. The summed E-state index contributed by atoms with van der Waals surface area (Å²) in [4.78, 5) is 3.24. The summed E-state index contributed by atoms with van der Waals surface area (Å²) in [5, 5.41) is 13.9. The van der Waals surface area contributed by atoms with Crippen molar-refractivity contribution in [2.45, 2.75) is 26.0 Å². The number of aliphatic hydroxyl groups excluding tert-OH is 1. The molecular weight excluding hydrogens is 296 g/mol. The Balaban J connectivity index is 1.74. The third-order valence-corrected chi connectivity index (χ3v) is 5.07. The Labute approximate surface area is 127 Å². The third-order valence-electron chi connectivity index (χ3n) is 3.84. The van der Waals surface area contributed by atoms with Crippen LogP contribution in [0.4, 0.5) is 0 Å². The van der Waals surface area contributed by atoms with E-state index in [2.05, 4.69) is 17.0 Å². The second kappa shape index (κ2) is 5.85. The molecule has 6 heteroatoms. The van der Waals surface area contributed by atoms with Crippen LogP contribution in [0.25, 0.3) is 10.6 Å². The number of halogens is 1. The molecule has 3 heterocycles. The van der Waals surface area contributed by atoms with Gasteiger partial charge in [-0.15, -0.1) is 11.3 Å². The molecule has 2 unspecified atom stereocenters. The highest BCUT2D eigenvalue weighted by Crippen LogP contribution is 2.33. The van der Waals surface area contributed by atoms with Gasteiger partial charge in [-0.1, -0.05) is 23.7 Å². The van der Waals surface area contributed by atoms with Crippen molar-refractivity contribution in [1.82, 2.24) is 10.1 Å². The Morgan fingerprint density at radius 2 is 2.40 bits per heavy atom. The number of β-amino-alcohol motifs (C(OH)–C–C–N with tert-alkyl or cyclic N) is 1. The molecule has 0 aliphatic carbocycles. The van der Waals surface area contributed by atoms with Gasteiger partial charge in [-0.25, -0.2) is 0 Å². The van der Waals surface area contributed by atoms with Crippen molar-refractivity contribution in [1.29, 1.82) is 0 Å². The summed E-state index contributed by atoms with van der Waals surface area (Å²) >= 11 is 7.46. The number of piperidine rings is 1. The highest BCUT2D eigenvalue weighted by atomic mass is 35.5. The highest BCUT2D eigenvalue weighted by Gasteiger charge is 2.25. The van der Waals surface area contributed by atoms with Gasteiger partial charge in [-0.2, -0.15) is 0 Å². The highest BCUT2D eigenvalue weighted by molar-refractivity contribution is 7.19. The maximum absolute atomic E-state index is 9.97. The summed E-state index contributed by atoms with van der Waals surface area (Å²) in [6.45, 7) is 4.55. The van der Waals surface area contributed by atoms with Gasteiger partial charge in [0.15, 0.2) is 5.76 Å². The molecule has 1 fully saturated rings. The van der Waals surface area contributed by atoms with Crippen molar-refractivity contribution >= 4 is 22.9 Å². The number of likely N-dealkylation sites (tertiary alicyclic amines) is 1. The maximum atomic E-state index is 9.97. The minimum absolute atomic E-state index is 0.247. The minimum Gasteiger partial charge on any atom is -0.392 e. The molecule has 2 atom stereocenters. The van der Waals surface area contributed by atoms with Crippen LogP contribution in [0.1, 0.15) is 18.9 Å². The molecule has 1 aliphatic heterocycles. The average Bonchev–Trinajstić information content (AvgIpc) is 3.03. The number of hydrogen-bond donors (Lipinski definition) is 1. The van der Waals surface area contributed by atoms with E-state index in [9.17, 15) is 5.11 Å². The van der Waals surface area contributed by atoms with Crippen molar-refractivity contribution in [3.63, 3.8) is 0 Å². The summed E-state index contributed by atoms with van der Waals surface area (Å²) in [7, 11) is 0. The summed E-state index contributed by atoms with van der Waals surface area (Å²) in [5.41, 5.74) is 1.05. The molecule has 0 bridgehead atoms. The lowest BCUT2D eigenvalue weighted by Crippen LogP contribution is -2.42. The molecule has 0 aromatic carbocycles. The number of aliphatic hydroxyl groups is 1. The molecule has 2 aromatic heterocycles. The van der Waals surface area contributed by atoms with E-state index in [0.717, 1.165) is 40.0 Å². The zero-order valence-corrected chi connectivity index (χ0v) is 12.8. The van der Waals surface area contributed by atoms with Gasteiger partial charge in [0.05, 0.1) is 21.5 Å². The van der Waals surface area contributed by atoms with E-state index in [-0.39, 0.29) is 6.10 Å². The molecule has 1 saturated heterocycles. The number of rotatable bonds is 3. The second-order valence-corrected chi connectivity index (χ2v) is 7.07.